The molecule has 10 heteroatoms. The Kier molecular flexibility index (Phi) is 5.09. The average Bonchev–Trinajstić information content (AvgIpc) is 3.15. The number of aromatic nitrogens is 5. The lowest BCUT2D eigenvalue weighted by Crippen LogP contribution is -2.22. The first-order valence-corrected chi connectivity index (χ1v) is 9.06. The lowest BCUT2D eigenvalue weighted by Gasteiger charge is -2.10. The maximum absolute atomic E-state index is 13.0. The molecule has 25 heavy (non-hydrogen) atoms. The van der Waals surface area contributed by atoms with Crippen LogP contribution in [0.15, 0.2) is 29.4 Å². The van der Waals surface area contributed by atoms with Crippen molar-refractivity contribution in [3.63, 3.8) is 0 Å². The van der Waals surface area contributed by atoms with Crippen molar-refractivity contribution in [1.82, 2.24) is 25.0 Å². The highest BCUT2D eigenvalue weighted by atomic mass is 32.2. The predicted molar refractivity (Wildman–Crippen MR) is 95.0 cm³/mol. The van der Waals surface area contributed by atoms with Gasteiger partial charge < -0.3 is 4.57 Å². The largest absolute Gasteiger partial charge is 0.305 e. The zero-order chi connectivity index (χ0) is 18.0. The molecule has 1 atom stereocenters. The summed E-state index contributed by atoms with van der Waals surface area (Å²) in [5.41, 5.74) is 0.754. The van der Waals surface area contributed by atoms with Crippen LogP contribution < -0.4 is 5.32 Å². The van der Waals surface area contributed by atoms with Gasteiger partial charge in [-0.05, 0) is 38.1 Å². The molecule has 1 amide bonds. The average molecular weight is 378 g/mol. The monoisotopic (exact) mass is 378 g/mol. The number of hydrogen-bond acceptors (Lipinski definition) is 7. The van der Waals surface area contributed by atoms with Crippen molar-refractivity contribution >= 4 is 34.1 Å². The van der Waals surface area contributed by atoms with Gasteiger partial charge in [-0.1, -0.05) is 23.1 Å². The predicted octanol–water partition coefficient (Wildman–Crippen LogP) is 2.90. The van der Waals surface area contributed by atoms with Gasteiger partial charge in [0.15, 0.2) is 11.0 Å². The van der Waals surface area contributed by atoms with E-state index in [9.17, 15) is 9.18 Å². The quantitative estimate of drug-likeness (QED) is 0.687. The van der Waals surface area contributed by atoms with Crippen molar-refractivity contribution < 1.29 is 9.18 Å². The summed E-state index contributed by atoms with van der Waals surface area (Å²) in [6.07, 6.45) is 0. The summed E-state index contributed by atoms with van der Waals surface area (Å²) in [6.45, 7) is 3.60. The van der Waals surface area contributed by atoms with Crippen molar-refractivity contribution in [1.29, 1.82) is 0 Å². The highest BCUT2D eigenvalue weighted by Gasteiger charge is 2.20. The number of benzene rings is 1. The standard InChI is InChI=1S/C15H15FN6OS2/c1-8(13(23)17-14-20-18-9(2)25-14)24-15-21-19-12(22(15)3)10-4-6-11(16)7-5-10/h4-8H,1-3H3,(H,17,20,23). The van der Waals surface area contributed by atoms with Gasteiger partial charge in [0.05, 0.1) is 5.25 Å². The number of carbonyl (C=O) groups is 1. The van der Waals surface area contributed by atoms with Crippen LogP contribution in [0, 0.1) is 12.7 Å². The molecule has 1 N–H and O–H groups in total. The van der Waals surface area contributed by atoms with Gasteiger partial charge in [0.2, 0.25) is 11.0 Å². The number of carbonyl (C=O) groups excluding carboxylic acids is 1. The number of anilines is 1. The molecule has 0 radical (unpaired) electrons. The molecule has 0 fully saturated rings. The third-order valence-electron chi connectivity index (χ3n) is 3.34. The summed E-state index contributed by atoms with van der Waals surface area (Å²) < 4.78 is 14.8. The van der Waals surface area contributed by atoms with E-state index in [4.69, 9.17) is 0 Å². The molecule has 2 heterocycles. The van der Waals surface area contributed by atoms with Gasteiger partial charge in [0, 0.05) is 12.6 Å². The van der Waals surface area contributed by atoms with Gasteiger partial charge in [-0.15, -0.1) is 20.4 Å². The topological polar surface area (TPSA) is 85.6 Å². The summed E-state index contributed by atoms with van der Waals surface area (Å²) in [5.74, 6) is 0.111. The minimum absolute atomic E-state index is 0.188. The summed E-state index contributed by atoms with van der Waals surface area (Å²) >= 11 is 2.60. The number of hydrogen-bond donors (Lipinski definition) is 1. The number of thioether (sulfide) groups is 1. The molecule has 0 saturated heterocycles. The van der Waals surface area contributed by atoms with Crippen molar-refractivity contribution in [2.24, 2.45) is 7.05 Å². The third kappa shape index (κ3) is 4.02. The molecule has 1 aromatic carbocycles. The number of nitrogens with one attached hydrogen (secondary N) is 1. The number of aryl methyl sites for hydroxylation is 1. The van der Waals surface area contributed by atoms with Crippen LogP contribution in [-0.4, -0.2) is 36.1 Å². The molecular weight excluding hydrogens is 363 g/mol. The smallest absolute Gasteiger partial charge is 0.239 e. The second kappa shape index (κ2) is 7.28. The molecule has 0 aliphatic heterocycles. The number of rotatable bonds is 5. The summed E-state index contributed by atoms with van der Waals surface area (Å²) in [6, 6.07) is 6.03. The first kappa shape index (κ1) is 17.5. The fourth-order valence-corrected chi connectivity index (χ4v) is 3.44. The van der Waals surface area contributed by atoms with Crippen LogP contribution in [-0.2, 0) is 11.8 Å². The van der Waals surface area contributed by atoms with Gasteiger partial charge in [-0.3, -0.25) is 10.1 Å². The fraction of sp³-hybridized carbons (Fsp3) is 0.267. The van der Waals surface area contributed by atoms with Crippen LogP contribution in [0.3, 0.4) is 0 Å². The molecule has 0 aliphatic rings. The number of nitrogens with zero attached hydrogens (tertiary/aromatic N) is 5. The van der Waals surface area contributed by atoms with Gasteiger partial charge >= 0.3 is 0 Å². The first-order chi connectivity index (χ1) is 11.9. The lowest BCUT2D eigenvalue weighted by atomic mass is 10.2. The molecule has 7 nitrogen and oxygen atoms in total. The summed E-state index contributed by atoms with van der Waals surface area (Å²) in [5, 5.41) is 20.2. The van der Waals surface area contributed by atoms with Crippen LogP contribution >= 0.6 is 23.1 Å². The SMILES string of the molecule is Cc1nnc(NC(=O)C(C)Sc2nnc(-c3ccc(F)cc3)n2C)s1. The Morgan fingerprint density at radius 1 is 1.24 bits per heavy atom. The third-order valence-corrected chi connectivity index (χ3v) is 5.23. The minimum atomic E-state index is -0.395. The van der Waals surface area contributed by atoms with Crippen molar-refractivity contribution in [3.8, 4) is 11.4 Å². The highest BCUT2D eigenvalue weighted by Crippen LogP contribution is 2.26. The Balaban J connectivity index is 1.70. The lowest BCUT2D eigenvalue weighted by molar-refractivity contribution is -0.115. The normalized spacial score (nSPS) is 12.2. The van der Waals surface area contributed by atoms with Gasteiger partial charge in [-0.2, -0.15) is 0 Å². The molecule has 2 aromatic heterocycles. The van der Waals surface area contributed by atoms with E-state index in [-0.39, 0.29) is 11.7 Å². The highest BCUT2D eigenvalue weighted by molar-refractivity contribution is 8.00. The van der Waals surface area contributed by atoms with E-state index < -0.39 is 5.25 Å². The van der Waals surface area contributed by atoms with E-state index in [0.717, 1.165) is 10.6 Å². The van der Waals surface area contributed by atoms with E-state index in [1.165, 1.54) is 35.2 Å². The Morgan fingerprint density at radius 2 is 1.96 bits per heavy atom. The van der Waals surface area contributed by atoms with Gasteiger partial charge in [0.1, 0.15) is 10.8 Å². The first-order valence-electron chi connectivity index (χ1n) is 7.37. The molecule has 0 bridgehead atoms. The zero-order valence-corrected chi connectivity index (χ0v) is 15.4. The second-order valence-electron chi connectivity index (χ2n) is 5.25. The molecule has 0 aliphatic carbocycles. The Labute approximate surface area is 151 Å². The molecule has 0 spiro atoms. The minimum Gasteiger partial charge on any atom is -0.305 e. The maximum Gasteiger partial charge on any atom is 0.239 e. The molecule has 3 aromatic rings. The number of amides is 1. The molecular formula is C15H15FN6OS2. The van der Waals surface area contributed by atoms with Crippen LogP contribution in [0.1, 0.15) is 11.9 Å². The fourth-order valence-electron chi connectivity index (χ4n) is 2.03. The van der Waals surface area contributed by atoms with Crippen LogP contribution in [0.25, 0.3) is 11.4 Å². The molecule has 3 rings (SSSR count). The van der Waals surface area contributed by atoms with Crippen LogP contribution in [0.5, 0.6) is 0 Å². The Morgan fingerprint density at radius 3 is 2.60 bits per heavy atom. The van der Waals surface area contributed by atoms with Gasteiger partial charge in [-0.25, -0.2) is 4.39 Å². The van der Waals surface area contributed by atoms with Gasteiger partial charge in [0.25, 0.3) is 0 Å². The van der Waals surface area contributed by atoms with Crippen molar-refractivity contribution in [2.45, 2.75) is 24.3 Å². The molecule has 0 saturated carbocycles. The molecule has 1 unspecified atom stereocenters. The van der Waals surface area contributed by atoms with Crippen molar-refractivity contribution in [2.75, 3.05) is 5.32 Å². The van der Waals surface area contributed by atoms with Crippen LogP contribution in [0.2, 0.25) is 0 Å². The molecule has 130 valence electrons. The summed E-state index contributed by atoms with van der Waals surface area (Å²) in [4.78, 5) is 12.3. The van der Waals surface area contributed by atoms with E-state index in [2.05, 4.69) is 25.7 Å². The Hall–Kier alpha value is -2.33. The van der Waals surface area contributed by atoms with E-state index in [1.807, 2.05) is 6.92 Å². The zero-order valence-electron chi connectivity index (χ0n) is 13.7. The van der Waals surface area contributed by atoms with Crippen molar-refractivity contribution in [3.05, 3.63) is 35.1 Å². The maximum atomic E-state index is 13.0. The van der Waals surface area contributed by atoms with E-state index in [1.54, 1.807) is 30.7 Å². The second-order valence-corrected chi connectivity index (χ2v) is 7.74. The van der Waals surface area contributed by atoms with E-state index >= 15 is 0 Å². The number of halogens is 1. The summed E-state index contributed by atoms with van der Waals surface area (Å²) in [7, 11) is 1.81. The van der Waals surface area contributed by atoms with E-state index in [0.29, 0.717) is 16.1 Å². The Bertz CT molecular complexity index is 892. The van der Waals surface area contributed by atoms with Crippen LogP contribution in [0.4, 0.5) is 9.52 Å².